The van der Waals surface area contributed by atoms with Gasteiger partial charge in [-0.25, -0.2) is 0 Å². The van der Waals surface area contributed by atoms with E-state index in [0.29, 0.717) is 29.6 Å². The number of thiophene rings is 1. The normalized spacial score (nSPS) is 21.1. The van der Waals surface area contributed by atoms with Crippen LogP contribution in [0.3, 0.4) is 0 Å². The lowest BCUT2D eigenvalue weighted by atomic mass is 9.80. The molecule has 0 bridgehead atoms. The minimum atomic E-state index is 0.0101. The third-order valence-electron chi connectivity index (χ3n) is 5.63. The Morgan fingerprint density at radius 1 is 1.07 bits per heavy atom. The van der Waals surface area contributed by atoms with Crippen LogP contribution in [0.5, 0.6) is 17.2 Å². The van der Waals surface area contributed by atoms with Gasteiger partial charge in [0.1, 0.15) is 0 Å². The molecule has 5 nitrogen and oxygen atoms in total. The molecule has 2 aliphatic rings. The van der Waals surface area contributed by atoms with Crippen LogP contribution in [0.4, 0.5) is 5.00 Å². The number of methoxy groups -OCH3 is 3. The van der Waals surface area contributed by atoms with E-state index in [4.69, 9.17) is 14.2 Å². The molecule has 6 heteroatoms. The first-order chi connectivity index (χ1) is 13.0. The van der Waals surface area contributed by atoms with Gasteiger partial charge in [-0.2, -0.15) is 0 Å². The van der Waals surface area contributed by atoms with Crippen LogP contribution in [0.25, 0.3) is 0 Å². The summed E-state index contributed by atoms with van der Waals surface area (Å²) in [5.74, 6) is 2.59. The lowest BCUT2D eigenvalue weighted by molar-refractivity contribution is -0.116. The summed E-state index contributed by atoms with van der Waals surface area (Å²) >= 11 is 1.75. The molecule has 2 heterocycles. The van der Waals surface area contributed by atoms with E-state index in [-0.39, 0.29) is 11.8 Å². The highest BCUT2D eigenvalue weighted by atomic mass is 32.1. The van der Waals surface area contributed by atoms with E-state index in [2.05, 4.69) is 12.2 Å². The van der Waals surface area contributed by atoms with E-state index >= 15 is 0 Å². The van der Waals surface area contributed by atoms with Gasteiger partial charge in [0.2, 0.25) is 11.7 Å². The fourth-order valence-corrected chi connectivity index (χ4v) is 5.78. The molecule has 2 atom stereocenters. The molecule has 1 aromatic heterocycles. The molecule has 0 fully saturated rings. The van der Waals surface area contributed by atoms with Gasteiger partial charge in [0.25, 0.3) is 0 Å². The summed E-state index contributed by atoms with van der Waals surface area (Å²) in [5, 5.41) is 4.12. The summed E-state index contributed by atoms with van der Waals surface area (Å²) in [4.78, 5) is 13.9. The Hall–Kier alpha value is -2.21. The number of benzene rings is 1. The molecule has 0 saturated carbocycles. The van der Waals surface area contributed by atoms with Gasteiger partial charge in [-0.15, -0.1) is 11.3 Å². The lowest BCUT2D eigenvalue weighted by Gasteiger charge is -2.27. The lowest BCUT2D eigenvalue weighted by Crippen LogP contribution is -2.23. The highest BCUT2D eigenvalue weighted by Crippen LogP contribution is 2.50. The van der Waals surface area contributed by atoms with Crippen molar-refractivity contribution in [2.45, 2.75) is 38.5 Å². The summed E-state index contributed by atoms with van der Waals surface area (Å²) < 4.78 is 16.5. The van der Waals surface area contributed by atoms with Crippen molar-refractivity contribution in [2.24, 2.45) is 5.92 Å². The van der Waals surface area contributed by atoms with Crippen LogP contribution in [0.1, 0.15) is 47.3 Å². The first kappa shape index (κ1) is 18.2. The van der Waals surface area contributed by atoms with Crippen molar-refractivity contribution in [3.8, 4) is 17.2 Å². The number of hydrogen-bond acceptors (Lipinski definition) is 5. The predicted molar refractivity (Wildman–Crippen MR) is 107 cm³/mol. The summed E-state index contributed by atoms with van der Waals surface area (Å²) in [6.45, 7) is 2.30. The third kappa shape index (κ3) is 3.06. The standard InChI is InChI=1S/C21H25NO4S/c1-11-5-6-13-17(7-11)27-21-19(13)14(10-18(23)22-21)12-8-15(24-2)20(26-4)16(9-12)25-3/h8-9,11,14H,5-7,10H2,1-4H3,(H,22,23)/t11-,14-/m1/s1. The van der Waals surface area contributed by atoms with E-state index in [0.717, 1.165) is 23.4 Å². The van der Waals surface area contributed by atoms with Crippen LogP contribution in [0, 0.1) is 5.92 Å². The third-order valence-corrected chi connectivity index (χ3v) is 6.82. The molecule has 1 aromatic carbocycles. The van der Waals surface area contributed by atoms with Crippen LogP contribution in [-0.2, 0) is 17.6 Å². The molecule has 1 aliphatic carbocycles. The van der Waals surface area contributed by atoms with Crippen molar-refractivity contribution in [3.05, 3.63) is 33.7 Å². The fraction of sp³-hybridized carbons (Fsp3) is 0.476. The van der Waals surface area contributed by atoms with Crippen molar-refractivity contribution in [1.29, 1.82) is 0 Å². The number of hydrogen-bond donors (Lipinski definition) is 1. The number of amides is 1. The molecule has 1 amide bonds. The zero-order valence-electron chi connectivity index (χ0n) is 16.2. The van der Waals surface area contributed by atoms with Crippen LogP contribution >= 0.6 is 11.3 Å². The van der Waals surface area contributed by atoms with Gasteiger partial charge in [0, 0.05) is 17.2 Å². The number of carbonyl (C=O) groups is 1. The van der Waals surface area contributed by atoms with Gasteiger partial charge < -0.3 is 19.5 Å². The minimum Gasteiger partial charge on any atom is -0.493 e. The Bertz CT molecular complexity index is 864. The average Bonchev–Trinajstić information content (AvgIpc) is 3.02. The molecule has 144 valence electrons. The van der Waals surface area contributed by atoms with Crippen molar-refractivity contribution in [3.63, 3.8) is 0 Å². The van der Waals surface area contributed by atoms with E-state index in [1.54, 1.807) is 32.7 Å². The van der Waals surface area contributed by atoms with Crippen molar-refractivity contribution in [1.82, 2.24) is 0 Å². The Kier molecular flexibility index (Phi) is 4.76. The Labute approximate surface area is 163 Å². The molecule has 1 aliphatic heterocycles. The molecule has 0 unspecified atom stereocenters. The van der Waals surface area contributed by atoms with E-state index in [1.807, 2.05) is 12.1 Å². The van der Waals surface area contributed by atoms with Gasteiger partial charge >= 0.3 is 0 Å². The smallest absolute Gasteiger partial charge is 0.225 e. The van der Waals surface area contributed by atoms with Gasteiger partial charge in [-0.3, -0.25) is 4.79 Å². The molecular weight excluding hydrogens is 362 g/mol. The highest BCUT2D eigenvalue weighted by Gasteiger charge is 2.35. The summed E-state index contributed by atoms with van der Waals surface area (Å²) in [5.41, 5.74) is 3.75. The molecule has 4 rings (SSSR count). The first-order valence-corrected chi connectivity index (χ1v) is 10.1. The quantitative estimate of drug-likeness (QED) is 0.846. The maximum absolute atomic E-state index is 12.4. The molecule has 27 heavy (non-hydrogen) atoms. The highest BCUT2D eigenvalue weighted by molar-refractivity contribution is 7.16. The van der Waals surface area contributed by atoms with Crippen molar-refractivity contribution in [2.75, 3.05) is 26.6 Å². The number of anilines is 1. The molecular formula is C21H25NO4S. The summed E-state index contributed by atoms with van der Waals surface area (Å²) in [6, 6.07) is 3.95. The molecule has 0 saturated heterocycles. The molecule has 2 aromatic rings. The summed E-state index contributed by atoms with van der Waals surface area (Å²) in [7, 11) is 4.84. The van der Waals surface area contributed by atoms with Crippen LogP contribution in [0.15, 0.2) is 12.1 Å². The van der Waals surface area contributed by atoms with Crippen LogP contribution in [-0.4, -0.2) is 27.2 Å². The van der Waals surface area contributed by atoms with Crippen LogP contribution < -0.4 is 19.5 Å². The molecule has 1 N–H and O–H groups in total. The predicted octanol–water partition coefficient (Wildman–Crippen LogP) is 4.37. The van der Waals surface area contributed by atoms with Gasteiger partial charge in [-0.05, 0) is 54.0 Å². The topological polar surface area (TPSA) is 56.8 Å². The van der Waals surface area contributed by atoms with E-state index < -0.39 is 0 Å². The Balaban J connectivity index is 1.85. The Morgan fingerprint density at radius 2 is 1.78 bits per heavy atom. The minimum absolute atomic E-state index is 0.0101. The molecule has 0 radical (unpaired) electrons. The zero-order chi connectivity index (χ0) is 19.1. The second-order valence-electron chi connectivity index (χ2n) is 7.36. The largest absolute Gasteiger partial charge is 0.493 e. The number of fused-ring (bicyclic) bond motifs is 3. The number of nitrogens with one attached hydrogen (secondary N) is 1. The zero-order valence-corrected chi connectivity index (χ0v) is 17.0. The first-order valence-electron chi connectivity index (χ1n) is 9.29. The number of ether oxygens (including phenoxy) is 3. The van der Waals surface area contributed by atoms with E-state index in [1.165, 1.54) is 22.4 Å². The fourth-order valence-electron chi connectivity index (χ4n) is 4.29. The monoisotopic (exact) mass is 387 g/mol. The molecule has 0 spiro atoms. The maximum Gasteiger partial charge on any atom is 0.225 e. The van der Waals surface area contributed by atoms with Crippen molar-refractivity contribution >= 4 is 22.2 Å². The average molecular weight is 388 g/mol. The second kappa shape index (κ2) is 7.08. The maximum atomic E-state index is 12.4. The number of carbonyl (C=O) groups excluding carboxylic acids is 1. The van der Waals surface area contributed by atoms with Gasteiger partial charge in [0.15, 0.2) is 11.5 Å². The van der Waals surface area contributed by atoms with Crippen molar-refractivity contribution < 1.29 is 19.0 Å². The second-order valence-corrected chi connectivity index (χ2v) is 8.46. The van der Waals surface area contributed by atoms with Gasteiger partial charge in [0.05, 0.1) is 26.3 Å². The van der Waals surface area contributed by atoms with E-state index in [9.17, 15) is 4.79 Å². The SMILES string of the molecule is COc1cc([C@H]2CC(=O)Nc3sc4c(c32)CC[C@@H](C)C4)cc(OC)c1OC. The summed E-state index contributed by atoms with van der Waals surface area (Å²) in [6.07, 6.45) is 3.82. The number of rotatable bonds is 4. The Morgan fingerprint density at radius 3 is 2.41 bits per heavy atom. The van der Waals surface area contributed by atoms with Crippen LogP contribution in [0.2, 0.25) is 0 Å². The van der Waals surface area contributed by atoms with Gasteiger partial charge in [-0.1, -0.05) is 6.92 Å².